The number of nitrogens with zero attached hydrogens (tertiary/aromatic N) is 1. The summed E-state index contributed by atoms with van der Waals surface area (Å²) in [4.78, 5) is 16.2. The largest absolute Gasteiger partial charge is 0.321 e. The standard InChI is InChI=1S/C13H12BrN3O3S/c1-15-21(19,20)11-7-3-2-6-10(11)17-13(18)9-5-4-8-16-12(9)14/h2-8,15H,1H3,(H,17,18). The molecule has 0 bridgehead atoms. The van der Waals surface area contributed by atoms with Gasteiger partial charge in [0, 0.05) is 6.20 Å². The molecule has 0 aliphatic rings. The number of para-hydroxylation sites is 1. The highest BCUT2D eigenvalue weighted by Gasteiger charge is 2.18. The van der Waals surface area contributed by atoms with Crippen LogP contribution in [0.4, 0.5) is 5.69 Å². The molecule has 110 valence electrons. The SMILES string of the molecule is CNS(=O)(=O)c1ccccc1NC(=O)c1cccnc1Br. The number of anilines is 1. The van der Waals surface area contributed by atoms with Crippen LogP contribution in [0.1, 0.15) is 10.4 Å². The quantitative estimate of drug-likeness (QED) is 0.806. The molecular formula is C13H12BrN3O3S. The lowest BCUT2D eigenvalue weighted by Gasteiger charge is -2.11. The third-order valence-electron chi connectivity index (χ3n) is 2.70. The minimum atomic E-state index is -3.66. The molecule has 1 aromatic carbocycles. The maximum Gasteiger partial charge on any atom is 0.258 e. The highest BCUT2D eigenvalue weighted by atomic mass is 79.9. The molecule has 0 aliphatic heterocycles. The van der Waals surface area contributed by atoms with Gasteiger partial charge in [0.25, 0.3) is 5.91 Å². The topological polar surface area (TPSA) is 88.2 Å². The molecule has 0 unspecified atom stereocenters. The molecule has 6 nitrogen and oxygen atoms in total. The van der Waals surface area contributed by atoms with E-state index in [2.05, 4.69) is 31.0 Å². The van der Waals surface area contributed by atoms with Crippen LogP contribution >= 0.6 is 15.9 Å². The molecule has 2 N–H and O–H groups in total. The van der Waals surface area contributed by atoms with Gasteiger partial charge < -0.3 is 5.32 Å². The molecule has 1 aromatic heterocycles. The molecule has 0 saturated carbocycles. The van der Waals surface area contributed by atoms with Gasteiger partial charge in [0.2, 0.25) is 10.0 Å². The third-order valence-corrected chi connectivity index (χ3v) is 4.80. The maximum absolute atomic E-state index is 12.2. The predicted octanol–water partition coefficient (Wildman–Crippen LogP) is 2.00. The average molecular weight is 370 g/mol. The second kappa shape index (κ2) is 6.33. The van der Waals surface area contributed by atoms with E-state index in [-0.39, 0.29) is 10.6 Å². The zero-order chi connectivity index (χ0) is 15.5. The van der Waals surface area contributed by atoms with E-state index in [4.69, 9.17) is 0 Å². The smallest absolute Gasteiger partial charge is 0.258 e. The molecule has 0 radical (unpaired) electrons. The first kappa shape index (κ1) is 15.6. The van der Waals surface area contributed by atoms with E-state index in [1.54, 1.807) is 30.5 Å². The summed E-state index contributed by atoms with van der Waals surface area (Å²) < 4.78 is 26.5. The lowest BCUT2D eigenvalue weighted by molar-refractivity contribution is 0.102. The van der Waals surface area contributed by atoms with Crippen molar-refractivity contribution in [3.63, 3.8) is 0 Å². The summed E-state index contributed by atoms with van der Waals surface area (Å²) in [6, 6.07) is 9.37. The number of carbonyl (C=O) groups is 1. The third kappa shape index (κ3) is 3.46. The summed E-state index contributed by atoms with van der Waals surface area (Å²) in [5.74, 6) is -0.450. The molecule has 0 saturated heterocycles. The lowest BCUT2D eigenvalue weighted by Crippen LogP contribution is -2.22. The molecule has 0 aliphatic carbocycles. The van der Waals surface area contributed by atoms with E-state index < -0.39 is 15.9 Å². The zero-order valence-corrected chi connectivity index (χ0v) is 13.4. The Hall–Kier alpha value is -1.77. The van der Waals surface area contributed by atoms with Gasteiger partial charge in [-0.1, -0.05) is 12.1 Å². The van der Waals surface area contributed by atoms with E-state index in [1.165, 1.54) is 19.2 Å². The van der Waals surface area contributed by atoms with Gasteiger partial charge in [0.1, 0.15) is 9.50 Å². The van der Waals surface area contributed by atoms with Crippen molar-refractivity contribution in [2.45, 2.75) is 4.90 Å². The van der Waals surface area contributed by atoms with Crippen LogP contribution in [0.25, 0.3) is 0 Å². The Morgan fingerprint density at radius 1 is 1.19 bits per heavy atom. The summed E-state index contributed by atoms with van der Waals surface area (Å²) in [6.45, 7) is 0. The highest BCUT2D eigenvalue weighted by Crippen LogP contribution is 2.22. The average Bonchev–Trinajstić information content (AvgIpc) is 2.48. The van der Waals surface area contributed by atoms with Crippen molar-refractivity contribution in [3.05, 3.63) is 52.8 Å². The van der Waals surface area contributed by atoms with E-state index in [0.717, 1.165) is 0 Å². The van der Waals surface area contributed by atoms with Crippen LogP contribution in [0.3, 0.4) is 0 Å². The first-order valence-corrected chi connectivity index (χ1v) is 8.18. The maximum atomic E-state index is 12.2. The monoisotopic (exact) mass is 369 g/mol. The van der Waals surface area contributed by atoms with E-state index in [0.29, 0.717) is 10.2 Å². The molecule has 1 amide bonds. The van der Waals surface area contributed by atoms with E-state index in [1.807, 2.05) is 0 Å². The van der Waals surface area contributed by atoms with Crippen molar-refractivity contribution in [1.29, 1.82) is 0 Å². The normalized spacial score (nSPS) is 11.1. The van der Waals surface area contributed by atoms with Gasteiger partial charge in [0.15, 0.2) is 0 Å². The van der Waals surface area contributed by atoms with Crippen LogP contribution < -0.4 is 10.0 Å². The molecule has 2 aromatic rings. The summed E-state index contributed by atoms with van der Waals surface area (Å²) in [7, 11) is -2.35. The van der Waals surface area contributed by atoms with Crippen LogP contribution in [-0.4, -0.2) is 26.4 Å². The van der Waals surface area contributed by atoms with Gasteiger partial charge in [-0.3, -0.25) is 4.79 Å². The Balaban J connectivity index is 2.38. The second-order valence-electron chi connectivity index (χ2n) is 4.00. The van der Waals surface area contributed by atoms with Crippen molar-refractivity contribution in [1.82, 2.24) is 9.71 Å². The molecule has 0 spiro atoms. The highest BCUT2D eigenvalue weighted by molar-refractivity contribution is 9.10. The molecule has 0 fully saturated rings. The summed E-state index contributed by atoms with van der Waals surface area (Å²) in [6.07, 6.45) is 1.54. The van der Waals surface area contributed by atoms with Crippen LogP contribution in [-0.2, 0) is 10.0 Å². The Morgan fingerprint density at radius 2 is 1.90 bits per heavy atom. The summed E-state index contributed by atoms with van der Waals surface area (Å²) in [5, 5.41) is 2.58. The molecule has 0 atom stereocenters. The van der Waals surface area contributed by atoms with Gasteiger partial charge in [-0.15, -0.1) is 0 Å². The van der Waals surface area contributed by atoms with Gasteiger partial charge in [-0.05, 0) is 47.2 Å². The van der Waals surface area contributed by atoms with Gasteiger partial charge in [0.05, 0.1) is 11.3 Å². The van der Waals surface area contributed by atoms with Crippen molar-refractivity contribution in [3.8, 4) is 0 Å². The molecule has 21 heavy (non-hydrogen) atoms. The predicted molar refractivity (Wildman–Crippen MR) is 82.6 cm³/mol. The Labute approximate surface area is 130 Å². The second-order valence-corrected chi connectivity index (χ2v) is 6.61. The van der Waals surface area contributed by atoms with Crippen molar-refractivity contribution in [2.75, 3.05) is 12.4 Å². The number of hydrogen-bond acceptors (Lipinski definition) is 4. The van der Waals surface area contributed by atoms with Gasteiger partial charge >= 0.3 is 0 Å². The number of benzene rings is 1. The number of sulfonamides is 1. The summed E-state index contributed by atoms with van der Waals surface area (Å²) >= 11 is 3.18. The van der Waals surface area contributed by atoms with Gasteiger partial charge in [-0.2, -0.15) is 0 Å². The molecule has 8 heteroatoms. The van der Waals surface area contributed by atoms with E-state index >= 15 is 0 Å². The number of halogens is 1. The van der Waals surface area contributed by atoms with E-state index in [9.17, 15) is 13.2 Å². The number of hydrogen-bond donors (Lipinski definition) is 2. The first-order valence-electron chi connectivity index (χ1n) is 5.90. The van der Waals surface area contributed by atoms with Crippen LogP contribution in [0.2, 0.25) is 0 Å². The fraction of sp³-hybridized carbons (Fsp3) is 0.0769. The first-order chi connectivity index (χ1) is 9.95. The number of pyridine rings is 1. The Morgan fingerprint density at radius 3 is 2.57 bits per heavy atom. The minimum Gasteiger partial charge on any atom is -0.321 e. The Kier molecular flexibility index (Phi) is 4.71. The van der Waals surface area contributed by atoms with Crippen LogP contribution in [0.5, 0.6) is 0 Å². The Bertz CT molecular complexity index is 778. The molecular weight excluding hydrogens is 358 g/mol. The summed E-state index contributed by atoms with van der Waals surface area (Å²) in [5.41, 5.74) is 0.516. The zero-order valence-electron chi connectivity index (χ0n) is 11.0. The van der Waals surface area contributed by atoms with Crippen LogP contribution in [0.15, 0.2) is 52.1 Å². The van der Waals surface area contributed by atoms with Crippen molar-refractivity contribution in [2.24, 2.45) is 0 Å². The minimum absolute atomic E-state index is 0.000799. The molecule has 1 heterocycles. The number of amides is 1. The number of carbonyl (C=O) groups excluding carboxylic acids is 1. The van der Waals surface area contributed by atoms with Crippen LogP contribution in [0, 0.1) is 0 Å². The van der Waals surface area contributed by atoms with Crippen molar-refractivity contribution >= 4 is 37.5 Å². The lowest BCUT2D eigenvalue weighted by atomic mass is 10.2. The number of nitrogens with one attached hydrogen (secondary N) is 2. The molecule has 2 rings (SSSR count). The fourth-order valence-electron chi connectivity index (χ4n) is 1.66. The number of aromatic nitrogens is 1. The number of rotatable bonds is 4. The fourth-order valence-corrected chi connectivity index (χ4v) is 2.98. The van der Waals surface area contributed by atoms with Crippen molar-refractivity contribution < 1.29 is 13.2 Å². The van der Waals surface area contributed by atoms with Gasteiger partial charge in [-0.25, -0.2) is 18.1 Å².